The third-order valence-corrected chi connectivity index (χ3v) is 8.80. The number of halogens is 1. The van der Waals surface area contributed by atoms with Crippen LogP contribution in [0.2, 0.25) is 0 Å². The van der Waals surface area contributed by atoms with Crippen molar-refractivity contribution < 1.29 is 25.6 Å². The predicted octanol–water partition coefficient (Wildman–Crippen LogP) is 2.40. The van der Waals surface area contributed by atoms with Gasteiger partial charge < -0.3 is 0 Å². The number of hydrogen-bond acceptors (Lipinski definition) is 0. The first-order chi connectivity index (χ1) is 12.7. The van der Waals surface area contributed by atoms with Crippen LogP contribution in [0.25, 0.3) is 27.3 Å². The van der Waals surface area contributed by atoms with E-state index in [1.54, 1.807) is 3.57 Å². The molecule has 3 heteroatoms. The molecule has 0 fully saturated rings. The molecule has 27 heavy (non-hydrogen) atoms. The Bertz CT molecular complexity index is 1240. The number of pyridine rings is 1. The first-order valence-corrected chi connectivity index (χ1v) is 11.9. The Kier molecular flexibility index (Phi) is 3.54. The number of imidazole rings is 1. The fourth-order valence-electron chi connectivity index (χ4n) is 4.61. The molecular formula is C24H27IN2. The summed E-state index contributed by atoms with van der Waals surface area (Å²) in [7, 11) is 0. The molecule has 2 nitrogen and oxygen atoms in total. The zero-order valence-electron chi connectivity index (χ0n) is 17.0. The van der Waals surface area contributed by atoms with E-state index in [4.69, 9.17) is 0 Å². The summed E-state index contributed by atoms with van der Waals surface area (Å²) >= 11 is -0.118. The Morgan fingerprint density at radius 2 is 1.85 bits per heavy atom. The minimum absolute atomic E-state index is 0.118. The van der Waals surface area contributed by atoms with Gasteiger partial charge in [0.2, 0.25) is 0 Å². The first kappa shape index (κ1) is 17.5. The van der Waals surface area contributed by atoms with Crippen LogP contribution in [-0.2, 0) is 9.97 Å². The van der Waals surface area contributed by atoms with Gasteiger partial charge in [-0.2, -0.15) is 0 Å². The van der Waals surface area contributed by atoms with Gasteiger partial charge in [-0.05, 0) is 0 Å². The van der Waals surface area contributed by atoms with Crippen molar-refractivity contribution in [2.75, 3.05) is 0 Å². The van der Waals surface area contributed by atoms with Crippen molar-refractivity contribution >= 4 is 27.3 Å². The second kappa shape index (κ2) is 5.47. The van der Waals surface area contributed by atoms with Crippen molar-refractivity contribution in [3.63, 3.8) is 0 Å². The number of aryl methyl sites for hydroxylation is 1. The number of aromatic nitrogens is 2. The van der Waals surface area contributed by atoms with Gasteiger partial charge in [0.1, 0.15) is 0 Å². The zero-order chi connectivity index (χ0) is 19.1. The van der Waals surface area contributed by atoms with E-state index in [0.29, 0.717) is 0 Å². The molecule has 1 aliphatic heterocycles. The number of hydrogen-bond donors (Lipinski definition) is 0. The number of benzene rings is 2. The molecule has 140 valence electrons. The molecule has 4 aromatic rings. The van der Waals surface area contributed by atoms with Gasteiger partial charge in [-0.3, -0.25) is 0 Å². The Morgan fingerprint density at radius 3 is 2.59 bits per heavy atom. The molecule has 0 unspecified atom stereocenters. The standard InChI is InChI=1S/C24H27IN2/c1-15-10-11-20-18(12-15)17-8-7-9-19-21(17)22-26(20)14-16(13-23(2,3)4)27(22)24(5,6)25-19/h7-12,14H,13H2,1-6H3. The second-order valence-electron chi connectivity index (χ2n) is 9.57. The molecule has 5 rings (SSSR count). The van der Waals surface area contributed by atoms with Crippen LogP contribution in [0.3, 0.4) is 0 Å². The predicted molar refractivity (Wildman–Crippen MR) is 109 cm³/mol. The third-order valence-electron chi connectivity index (χ3n) is 5.52. The monoisotopic (exact) mass is 470 g/mol. The normalized spacial score (nSPS) is 16.4. The zero-order valence-corrected chi connectivity index (χ0v) is 19.2. The molecule has 0 aliphatic carbocycles. The molecule has 0 saturated heterocycles. The Balaban J connectivity index is 2.06. The fourth-order valence-corrected chi connectivity index (χ4v) is 8.00. The van der Waals surface area contributed by atoms with Gasteiger partial charge in [-0.25, -0.2) is 0 Å². The molecular weight excluding hydrogens is 443 g/mol. The summed E-state index contributed by atoms with van der Waals surface area (Å²) in [5, 5.41) is 4.29. The molecule has 0 atom stereocenters. The van der Waals surface area contributed by atoms with Crippen molar-refractivity contribution in [2.24, 2.45) is 5.41 Å². The van der Waals surface area contributed by atoms with E-state index in [0.717, 1.165) is 6.42 Å². The van der Waals surface area contributed by atoms with E-state index in [1.165, 1.54) is 38.6 Å². The van der Waals surface area contributed by atoms with Crippen LogP contribution >= 0.6 is 0 Å². The van der Waals surface area contributed by atoms with Crippen molar-refractivity contribution in [1.29, 1.82) is 0 Å². The molecule has 2 aromatic heterocycles. The fraction of sp³-hybridized carbons (Fsp3) is 0.375. The van der Waals surface area contributed by atoms with Gasteiger partial charge in [-0.1, -0.05) is 0 Å². The molecule has 0 amide bonds. The molecule has 0 N–H and O–H groups in total. The number of rotatable bonds is 1. The SMILES string of the molecule is Cc1ccc2c(c1)c1cccc3c1c1n(c(CC(C)(C)C)c[n+]21)C(C)(C)[I-]3. The van der Waals surface area contributed by atoms with Crippen molar-refractivity contribution in [3.05, 3.63) is 57.4 Å². The summed E-state index contributed by atoms with van der Waals surface area (Å²) in [6.45, 7) is 14.1. The summed E-state index contributed by atoms with van der Waals surface area (Å²) in [5.74, 6) is 0. The van der Waals surface area contributed by atoms with Crippen LogP contribution in [0.15, 0.2) is 42.6 Å². The second-order valence-corrected chi connectivity index (χ2v) is 13.9. The van der Waals surface area contributed by atoms with Gasteiger partial charge >= 0.3 is 172 Å². The Morgan fingerprint density at radius 1 is 1.07 bits per heavy atom. The maximum atomic E-state index is 2.68. The quantitative estimate of drug-likeness (QED) is 0.175. The molecule has 1 aliphatic rings. The first-order valence-electron chi connectivity index (χ1n) is 9.73. The van der Waals surface area contributed by atoms with Crippen molar-refractivity contribution in [3.8, 4) is 0 Å². The van der Waals surface area contributed by atoms with E-state index < -0.39 is 0 Å². The summed E-state index contributed by atoms with van der Waals surface area (Å²) in [4.78, 5) is 0. The van der Waals surface area contributed by atoms with Crippen LogP contribution < -0.4 is 25.6 Å². The van der Waals surface area contributed by atoms with E-state index in [1.807, 2.05) is 0 Å². The molecule has 3 heterocycles. The molecule has 0 spiro atoms. The molecule has 0 radical (unpaired) electrons. The molecule has 0 saturated carbocycles. The van der Waals surface area contributed by atoms with Crippen molar-refractivity contribution in [1.82, 2.24) is 4.57 Å². The summed E-state index contributed by atoms with van der Waals surface area (Å²) in [5.41, 5.74) is 5.79. The van der Waals surface area contributed by atoms with Crippen LogP contribution in [0.4, 0.5) is 0 Å². The number of nitrogens with zero attached hydrogens (tertiary/aromatic N) is 2. The average molecular weight is 470 g/mol. The summed E-state index contributed by atoms with van der Waals surface area (Å²) in [6.07, 6.45) is 3.52. The third kappa shape index (κ3) is 2.54. The van der Waals surface area contributed by atoms with Crippen LogP contribution in [0.1, 0.15) is 45.9 Å². The topological polar surface area (TPSA) is 9.03 Å². The minimum atomic E-state index is -0.118. The molecule has 0 bridgehead atoms. The van der Waals surface area contributed by atoms with Crippen LogP contribution in [0, 0.1) is 15.9 Å². The van der Waals surface area contributed by atoms with Crippen LogP contribution in [-0.4, -0.2) is 4.57 Å². The maximum absolute atomic E-state index is 2.68. The van der Waals surface area contributed by atoms with E-state index >= 15 is 0 Å². The Labute approximate surface area is 171 Å². The van der Waals surface area contributed by atoms with Gasteiger partial charge in [0.25, 0.3) is 0 Å². The number of fused-ring (bicyclic) bond motifs is 3. The number of alkyl halides is 1. The van der Waals surface area contributed by atoms with Gasteiger partial charge in [0.15, 0.2) is 0 Å². The van der Waals surface area contributed by atoms with Gasteiger partial charge in [0, 0.05) is 0 Å². The summed E-state index contributed by atoms with van der Waals surface area (Å²) < 4.78 is 6.94. The molecule has 2 aromatic carbocycles. The Hall–Kier alpha value is -1.62. The van der Waals surface area contributed by atoms with Crippen molar-refractivity contribution in [2.45, 2.75) is 51.5 Å². The van der Waals surface area contributed by atoms with Gasteiger partial charge in [0.05, 0.1) is 0 Å². The van der Waals surface area contributed by atoms with E-state index in [2.05, 4.69) is 93.1 Å². The van der Waals surface area contributed by atoms with Gasteiger partial charge in [-0.15, -0.1) is 0 Å². The average Bonchev–Trinajstić information content (AvgIpc) is 2.92. The van der Waals surface area contributed by atoms with Crippen LogP contribution in [0.5, 0.6) is 0 Å². The van der Waals surface area contributed by atoms with E-state index in [-0.39, 0.29) is 30.2 Å². The van der Waals surface area contributed by atoms with E-state index in [9.17, 15) is 0 Å². The summed E-state index contributed by atoms with van der Waals surface area (Å²) in [6, 6.07) is 13.9.